The number of carbonyl (C=O) groups is 1. The van der Waals surface area contributed by atoms with Crippen LogP contribution in [0.15, 0.2) is 12.3 Å². The summed E-state index contributed by atoms with van der Waals surface area (Å²) < 4.78 is 5.88. The lowest BCUT2D eigenvalue weighted by Gasteiger charge is -2.35. The number of hydrogen-bond acceptors (Lipinski definition) is 2. The van der Waals surface area contributed by atoms with Crippen LogP contribution in [0.3, 0.4) is 0 Å². The minimum absolute atomic E-state index is 0.162. The SMILES string of the molecule is O=C1C=COC2(CCCCCCCCCCC2)C1. The summed E-state index contributed by atoms with van der Waals surface area (Å²) in [5.41, 5.74) is -0.162. The molecule has 0 aromatic rings. The first-order valence-corrected chi connectivity index (χ1v) is 7.68. The van der Waals surface area contributed by atoms with E-state index in [2.05, 4.69) is 0 Å². The fourth-order valence-corrected chi connectivity index (χ4v) is 3.22. The number of ether oxygens (including phenoxy) is 1. The lowest BCUT2D eigenvalue weighted by atomic mass is 9.83. The lowest BCUT2D eigenvalue weighted by Crippen LogP contribution is -2.36. The van der Waals surface area contributed by atoms with E-state index < -0.39 is 0 Å². The maximum Gasteiger partial charge on any atom is 0.162 e. The summed E-state index contributed by atoms with van der Waals surface area (Å²) >= 11 is 0. The number of carbonyl (C=O) groups excluding carboxylic acids is 1. The Hall–Kier alpha value is -0.790. The summed E-state index contributed by atoms with van der Waals surface area (Å²) in [5, 5.41) is 0. The Balaban J connectivity index is 1.92. The van der Waals surface area contributed by atoms with Gasteiger partial charge >= 0.3 is 0 Å². The highest BCUT2D eigenvalue weighted by Gasteiger charge is 2.34. The van der Waals surface area contributed by atoms with E-state index in [1.54, 1.807) is 12.3 Å². The molecule has 0 bridgehead atoms. The van der Waals surface area contributed by atoms with E-state index in [4.69, 9.17) is 4.74 Å². The predicted molar refractivity (Wildman–Crippen MR) is 73.4 cm³/mol. The molecule has 0 amide bonds. The Morgan fingerprint density at radius 3 is 1.83 bits per heavy atom. The van der Waals surface area contributed by atoms with Gasteiger partial charge in [-0.2, -0.15) is 0 Å². The van der Waals surface area contributed by atoms with Crippen LogP contribution >= 0.6 is 0 Å². The van der Waals surface area contributed by atoms with Crippen LogP contribution in [0.5, 0.6) is 0 Å². The monoisotopic (exact) mass is 250 g/mol. The molecule has 1 aliphatic carbocycles. The van der Waals surface area contributed by atoms with Gasteiger partial charge in [0.25, 0.3) is 0 Å². The van der Waals surface area contributed by atoms with E-state index in [0.29, 0.717) is 6.42 Å². The number of allylic oxidation sites excluding steroid dienone is 1. The van der Waals surface area contributed by atoms with Crippen molar-refractivity contribution < 1.29 is 9.53 Å². The molecular weight excluding hydrogens is 224 g/mol. The summed E-state index contributed by atoms with van der Waals surface area (Å²) in [5.74, 6) is 0.244. The van der Waals surface area contributed by atoms with Crippen molar-refractivity contribution in [2.24, 2.45) is 0 Å². The summed E-state index contributed by atoms with van der Waals surface area (Å²) in [7, 11) is 0. The molecular formula is C16H26O2. The van der Waals surface area contributed by atoms with Gasteiger partial charge in [0.2, 0.25) is 0 Å². The second-order valence-electron chi connectivity index (χ2n) is 5.93. The van der Waals surface area contributed by atoms with Gasteiger partial charge in [0, 0.05) is 6.08 Å². The summed E-state index contributed by atoms with van der Waals surface area (Å²) in [6, 6.07) is 0. The van der Waals surface area contributed by atoms with Crippen molar-refractivity contribution in [3.8, 4) is 0 Å². The molecule has 2 rings (SSSR count). The van der Waals surface area contributed by atoms with Gasteiger partial charge < -0.3 is 4.74 Å². The highest BCUT2D eigenvalue weighted by Crippen LogP contribution is 2.33. The van der Waals surface area contributed by atoms with Gasteiger partial charge in [-0.15, -0.1) is 0 Å². The number of rotatable bonds is 0. The van der Waals surface area contributed by atoms with Gasteiger partial charge in [-0.3, -0.25) is 4.79 Å². The molecule has 0 aromatic carbocycles. The summed E-state index contributed by atoms with van der Waals surface area (Å²) in [6.07, 6.45) is 17.8. The molecule has 2 heteroatoms. The lowest BCUT2D eigenvalue weighted by molar-refractivity contribution is -0.123. The minimum atomic E-state index is -0.162. The topological polar surface area (TPSA) is 26.3 Å². The van der Waals surface area contributed by atoms with Crippen molar-refractivity contribution in [2.45, 2.75) is 82.7 Å². The average molecular weight is 250 g/mol. The highest BCUT2D eigenvalue weighted by atomic mass is 16.5. The smallest absolute Gasteiger partial charge is 0.162 e. The molecule has 0 saturated heterocycles. The zero-order valence-electron chi connectivity index (χ0n) is 11.5. The van der Waals surface area contributed by atoms with E-state index in [1.807, 2.05) is 0 Å². The Labute approximate surface area is 111 Å². The molecule has 1 spiro atoms. The molecule has 0 radical (unpaired) electrons. The third-order valence-electron chi connectivity index (χ3n) is 4.33. The minimum Gasteiger partial charge on any atom is -0.494 e. The van der Waals surface area contributed by atoms with Crippen LogP contribution in [-0.4, -0.2) is 11.4 Å². The third kappa shape index (κ3) is 4.15. The predicted octanol–water partition coefficient (Wildman–Crippen LogP) is 4.53. The Kier molecular flexibility index (Phi) is 5.27. The quantitative estimate of drug-likeness (QED) is 0.631. The van der Waals surface area contributed by atoms with Gasteiger partial charge in [-0.1, -0.05) is 44.9 Å². The summed E-state index contributed by atoms with van der Waals surface area (Å²) in [6.45, 7) is 0. The summed E-state index contributed by atoms with van der Waals surface area (Å²) in [4.78, 5) is 11.6. The molecule has 1 heterocycles. The van der Waals surface area contributed by atoms with Crippen molar-refractivity contribution in [1.29, 1.82) is 0 Å². The van der Waals surface area contributed by atoms with E-state index in [0.717, 1.165) is 12.8 Å². The van der Waals surface area contributed by atoms with E-state index in [9.17, 15) is 4.79 Å². The molecule has 1 saturated carbocycles. The maximum absolute atomic E-state index is 11.6. The first kappa shape index (κ1) is 13.6. The van der Waals surface area contributed by atoms with Gasteiger partial charge in [0.1, 0.15) is 5.60 Å². The van der Waals surface area contributed by atoms with Crippen LogP contribution in [0.2, 0.25) is 0 Å². The first-order chi connectivity index (χ1) is 8.81. The van der Waals surface area contributed by atoms with Crippen molar-refractivity contribution in [1.82, 2.24) is 0 Å². The Bertz CT molecular complexity index is 281. The molecule has 0 unspecified atom stereocenters. The van der Waals surface area contributed by atoms with Crippen LogP contribution in [0.4, 0.5) is 0 Å². The molecule has 0 N–H and O–H groups in total. The van der Waals surface area contributed by atoms with Gasteiger partial charge in [-0.25, -0.2) is 0 Å². The fourth-order valence-electron chi connectivity index (χ4n) is 3.22. The van der Waals surface area contributed by atoms with Crippen LogP contribution in [0.1, 0.15) is 77.0 Å². The first-order valence-electron chi connectivity index (χ1n) is 7.68. The van der Waals surface area contributed by atoms with Crippen LogP contribution in [0.25, 0.3) is 0 Å². The zero-order valence-corrected chi connectivity index (χ0v) is 11.5. The van der Waals surface area contributed by atoms with Crippen molar-refractivity contribution in [3.63, 3.8) is 0 Å². The Morgan fingerprint density at radius 2 is 1.33 bits per heavy atom. The van der Waals surface area contributed by atoms with E-state index >= 15 is 0 Å². The maximum atomic E-state index is 11.6. The highest BCUT2D eigenvalue weighted by molar-refractivity contribution is 5.90. The van der Waals surface area contributed by atoms with Crippen molar-refractivity contribution in [3.05, 3.63) is 12.3 Å². The third-order valence-corrected chi connectivity index (χ3v) is 4.33. The van der Waals surface area contributed by atoms with Crippen molar-refractivity contribution >= 4 is 5.78 Å². The number of ketones is 1. The van der Waals surface area contributed by atoms with Crippen LogP contribution in [-0.2, 0) is 9.53 Å². The normalized spacial score (nSPS) is 26.1. The van der Waals surface area contributed by atoms with E-state index in [-0.39, 0.29) is 11.4 Å². The van der Waals surface area contributed by atoms with Crippen molar-refractivity contribution in [2.75, 3.05) is 0 Å². The second kappa shape index (κ2) is 6.96. The zero-order chi connectivity index (χ0) is 12.7. The molecule has 0 atom stereocenters. The molecule has 2 nitrogen and oxygen atoms in total. The molecule has 102 valence electrons. The number of hydrogen-bond donors (Lipinski definition) is 0. The fraction of sp³-hybridized carbons (Fsp3) is 0.812. The molecule has 18 heavy (non-hydrogen) atoms. The largest absolute Gasteiger partial charge is 0.494 e. The molecule has 1 fully saturated rings. The van der Waals surface area contributed by atoms with Gasteiger partial charge in [-0.05, 0) is 25.7 Å². The Morgan fingerprint density at radius 1 is 0.833 bits per heavy atom. The molecule has 2 aliphatic rings. The second-order valence-corrected chi connectivity index (χ2v) is 5.93. The molecule has 1 aliphatic heterocycles. The standard InChI is InChI=1S/C16H26O2/c17-15-10-13-18-16(14-15)11-8-6-4-2-1-3-5-7-9-12-16/h10,13H,1-9,11-12,14H2. The molecule has 0 aromatic heterocycles. The van der Waals surface area contributed by atoms with Gasteiger partial charge in [0.05, 0.1) is 12.7 Å². The van der Waals surface area contributed by atoms with Crippen LogP contribution in [0, 0.1) is 0 Å². The van der Waals surface area contributed by atoms with E-state index in [1.165, 1.54) is 57.8 Å². The van der Waals surface area contributed by atoms with Crippen LogP contribution < -0.4 is 0 Å². The average Bonchev–Trinajstić information content (AvgIpc) is 2.34. The van der Waals surface area contributed by atoms with Gasteiger partial charge in [0.15, 0.2) is 5.78 Å².